The summed E-state index contributed by atoms with van der Waals surface area (Å²) in [4.78, 5) is 16.2. The van der Waals surface area contributed by atoms with E-state index in [9.17, 15) is 13.2 Å². The number of rotatable bonds is 6. The summed E-state index contributed by atoms with van der Waals surface area (Å²) in [6, 6.07) is 0. The van der Waals surface area contributed by atoms with Crippen LogP contribution in [0.4, 0.5) is 0 Å². The fraction of sp³-hybridized carbons (Fsp3) is 0.929. The molecule has 1 heterocycles. The zero-order chi connectivity index (χ0) is 14.6. The van der Waals surface area contributed by atoms with Crippen LogP contribution in [0.2, 0.25) is 0 Å². The van der Waals surface area contributed by atoms with Gasteiger partial charge in [-0.15, -0.1) is 0 Å². The monoisotopic (exact) mass is 302 g/mol. The molecule has 0 aromatic carbocycles. The van der Waals surface area contributed by atoms with Crippen LogP contribution in [-0.2, 0) is 14.6 Å². The zero-order valence-corrected chi connectivity index (χ0v) is 13.2. The standard InChI is InChI=1S/C14H26N2O3S/c1-20(18,19)10-4-7-15-8-9-16(14(17)12-15)11-13-5-2-3-6-13/h13H,2-12H2,1H3. The van der Waals surface area contributed by atoms with Crippen molar-refractivity contribution in [2.75, 3.05) is 44.7 Å². The molecule has 2 rings (SSSR count). The van der Waals surface area contributed by atoms with Gasteiger partial charge in [-0.25, -0.2) is 8.42 Å². The lowest BCUT2D eigenvalue weighted by Crippen LogP contribution is -2.51. The van der Waals surface area contributed by atoms with E-state index in [1.54, 1.807) is 0 Å². The highest BCUT2D eigenvalue weighted by molar-refractivity contribution is 7.90. The van der Waals surface area contributed by atoms with E-state index in [2.05, 4.69) is 4.90 Å². The fourth-order valence-corrected chi connectivity index (χ4v) is 3.85. The molecule has 0 bridgehead atoms. The van der Waals surface area contributed by atoms with Crippen molar-refractivity contribution in [3.63, 3.8) is 0 Å². The van der Waals surface area contributed by atoms with Crippen molar-refractivity contribution < 1.29 is 13.2 Å². The second-order valence-corrected chi connectivity index (χ2v) is 8.51. The Morgan fingerprint density at radius 1 is 1.20 bits per heavy atom. The van der Waals surface area contributed by atoms with E-state index in [4.69, 9.17) is 0 Å². The lowest BCUT2D eigenvalue weighted by atomic mass is 10.1. The zero-order valence-electron chi connectivity index (χ0n) is 12.4. The van der Waals surface area contributed by atoms with Gasteiger partial charge in [0.15, 0.2) is 0 Å². The van der Waals surface area contributed by atoms with Crippen molar-refractivity contribution >= 4 is 15.7 Å². The second-order valence-electron chi connectivity index (χ2n) is 6.25. The number of hydrogen-bond acceptors (Lipinski definition) is 4. The van der Waals surface area contributed by atoms with E-state index < -0.39 is 9.84 Å². The molecule has 116 valence electrons. The molecule has 2 fully saturated rings. The number of amides is 1. The molecule has 0 aromatic rings. The highest BCUT2D eigenvalue weighted by Gasteiger charge is 2.26. The lowest BCUT2D eigenvalue weighted by Gasteiger charge is -2.35. The van der Waals surface area contributed by atoms with Gasteiger partial charge in [0.1, 0.15) is 9.84 Å². The number of nitrogens with zero attached hydrogens (tertiary/aromatic N) is 2. The third-order valence-corrected chi connectivity index (χ3v) is 5.37. The largest absolute Gasteiger partial charge is 0.340 e. The number of sulfone groups is 1. The molecular formula is C14H26N2O3S. The molecule has 0 N–H and O–H groups in total. The Balaban J connectivity index is 1.70. The van der Waals surface area contributed by atoms with Gasteiger partial charge >= 0.3 is 0 Å². The summed E-state index contributed by atoms with van der Waals surface area (Å²) in [5.74, 6) is 1.13. The van der Waals surface area contributed by atoms with Gasteiger partial charge in [-0.1, -0.05) is 12.8 Å². The van der Waals surface area contributed by atoms with Crippen LogP contribution >= 0.6 is 0 Å². The third kappa shape index (κ3) is 5.05. The maximum atomic E-state index is 12.1. The van der Waals surface area contributed by atoms with Crippen LogP contribution in [0, 0.1) is 5.92 Å². The first-order valence-corrected chi connectivity index (χ1v) is 9.68. The van der Waals surface area contributed by atoms with Crippen LogP contribution in [0.3, 0.4) is 0 Å². The molecule has 0 radical (unpaired) electrons. The molecule has 0 atom stereocenters. The van der Waals surface area contributed by atoms with Crippen molar-refractivity contribution in [1.82, 2.24) is 9.80 Å². The third-order valence-electron chi connectivity index (χ3n) is 4.34. The van der Waals surface area contributed by atoms with Crippen LogP contribution in [0.25, 0.3) is 0 Å². The Hall–Kier alpha value is -0.620. The highest BCUT2D eigenvalue weighted by atomic mass is 32.2. The van der Waals surface area contributed by atoms with Crippen LogP contribution < -0.4 is 0 Å². The fourth-order valence-electron chi connectivity index (χ4n) is 3.20. The normalized spacial score (nSPS) is 22.6. The van der Waals surface area contributed by atoms with Crippen molar-refractivity contribution in [3.05, 3.63) is 0 Å². The molecule has 6 heteroatoms. The second kappa shape index (κ2) is 6.89. The van der Waals surface area contributed by atoms with Gasteiger partial charge in [-0.2, -0.15) is 0 Å². The Kier molecular flexibility index (Phi) is 5.43. The van der Waals surface area contributed by atoms with E-state index in [0.717, 1.165) is 19.6 Å². The number of carbonyl (C=O) groups excluding carboxylic acids is 1. The van der Waals surface area contributed by atoms with Gasteiger partial charge in [0.2, 0.25) is 5.91 Å². The summed E-state index contributed by atoms with van der Waals surface area (Å²) >= 11 is 0. The smallest absolute Gasteiger partial charge is 0.236 e. The van der Waals surface area contributed by atoms with E-state index in [1.165, 1.54) is 31.9 Å². The maximum absolute atomic E-state index is 12.1. The van der Waals surface area contributed by atoms with E-state index in [1.807, 2.05) is 4.90 Å². The molecule has 1 saturated carbocycles. The Morgan fingerprint density at radius 3 is 2.50 bits per heavy atom. The average Bonchev–Trinajstić information content (AvgIpc) is 2.84. The predicted molar refractivity (Wildman–Crippen MR) is 79.3 cm³/mol. The van der Waals surface area contributed by atoms with Crippen molar-refractivity contribution in [1.29, 1.82) is 0 Å². The van der Waals surface area contributed by atoms with Gasteiger partial charge in [-0.3, -0.25) is 9.69 Å². The van der Waals surface area contributed by atoms with Crippen molar-refractivity contribution in [2.45, 2.75) is 32.1 Å². The molecular weight excluding hydrogens is 276 g/mol. The van der Waals surface area contributed by atoms with Crippen molar-refractivity contribution in [2.24, 2.45) is 5.92 Å². The molecule has 5 nitrogen and oxygen atoms in total. The number of piperazine rings is 1. The first-order chi connectivity index (χ1) is 9.44. The quantitative estimate of drug-likeness (QED) is 0.727. The summed E-state index contributed by atoms with van der Waals surface area (Å²) in [6.45, 7) is 3.76. The molecule has 1 aliphatic carbocycles. The molecule has 20 heavy (non-hydrogen) atoms. The molecule has 0 unspecified atom stereocenters. The molecule has 1 amide bonds. The summed E-state index contributed by atoms with van der Waals surface area (Å²) in [6.07, 6.45) is 7.03. The lowest BCUT2D eigenvalue weighted by molar-refractivity contribution is -0.136. The van der Waals surface area contributed by atoms with Gasteiger partial charge in [0, 0.05) is 25.9 Å². The Bertz CT molecular complexity index is 430. The topological polar surface area (TPSA) is 57.7 Å². The summed E-state index contributed by atoms with van der Waals surface area (Å²) in [5, 5.41) is 0. The van der Waals surface area contributed by atoms with Gasteiger partial charge < -0.3 is 4.90 Å². The molecule has 0 spiro atoms. The minimum absolute atomic E-state index is 0.211. The average molecular weight is 302 g/mol. The summed E-state index contributed by atoms with van der Waals surface area (Å²) in [5.41, 5.74) is 0. The Morgan fingerprint density at radius 2 is 1.90 bits per heavy atom. The maximum Gasteiger partial charge on any atom is 0.236 e. The van der Waals surface area contributed by atoms with Crippen LogP contribution in [0.1, 0.15) is 32.1 Å². The predicted octanol–water partition coefficient (Wildman–Crippen LogP) is 0.755. The minimum Gasteiger partial charge on any atom is -0.340 e. The van der Waals surface area contributed by atoms with Gasteiger partial charge in [-0.05, 0) is 31.7 Å². The molecule has 2 aliphatic rings. The van der Waals surface area contributed by atoms with Crippen molar-refractivity contribution in [3.8, 4) is 0 Å². The van der Waals surface area contributed by atoms with Gasteiger partial charge in [0.05, 0.1) is 12.3 Å². The van der Waals surface area contributed by atoms with Crippen LogP contribution in [0.5, 0.6) is 0 Å². The highest BCUT2D eigenvalue weighted by Crippen LogP contribution is 2.25. The Labute approximate surface area is 122 Å². The molecule has 0 aromatic heterocycles. The van der Waals surface area contributed by atoms with Crippen LogP contribution in [0.15, 0.2) is 0 Å². The first-order valence-electron chi connectivity index (χ1n) is 7.62. The first kappa shape index (κ1) is 15.8. The van der Waals surface area contributed by atoms with E-state index in [0.29, 0.717) is 25.4 Å². The molecule has 1 saturated heterocycles. The van der Waals surface area contributed by atoms with E-state index >= 15 is 0 Å². The molecule has 1 aliphatic heterocycles. The minimum atomic E-state index is -2.89. The van der Waals surface area contributed by atoms with Crippen LogP contribution in [-0.4, -0.2) is 68.9 Å². The van der Waals surface area contributed by atoms with Gasteiger partial charge in [0.25, 0.3) is 0 Å². The summed E-state index contributed by atoms with van der Waals surface area (Å²) < 4.78 is 22.2. The SMILES string of the molecule is CS(=O)(=O)CCCN1CCN(CC2CCCC2)C(=O)C1. The van der Waals surface area contributed by atoms with E-state index in [-0.39, 0.29) is 11.7 Å². The summed E-state index contributed by atoms with van der Waals surface area (Å²) in [7, 11) is -2.89. The number of carbonyl (C=O) groups is 1. The number of hydrogen-bond donors (Lipinski definition) is 0.